The molecule has 2 unspecified atom stereocenters. The third-order valence-corrected chi connectivity index (χ3v) is 6.08. The average Bonchev–Trinajstić information content (AvgIpc) is 2.88. The van der Waals surface area contributed by atoms with Crippen molar-refractivity contribution in [3.63, 3.8) is 0 Å². The van der Waals surface area contributed by atoms with Crippen molar-refractivity contribution in [1.82, 2.24) is 4.90 Å². The van der Waals surface area contributed by atoms with E-state index < -0.39 is 40.4 Å². The molecule has 2 rings (SSSR count). The average molecular weight is 422 g/mol. The largest absolute Gasteiger partial charge is 0.481 e. The zero-order chi connectivity index (χ0) is 18.9. The van der Waals surface area contributed by atoms with Crippen LogP contribution in [0.3, 0.4) is 0 Å². The summed E-state index contributed by atoms with van der Waals surface area (Å²) in [6.45, 7) is -0.556. The first kappa shape index (κ1) is 20.8. The number of hydrogen-bond donors (Lipinski definition) is 5. The van der Waals surface area contributed by atoms with Gasteiger partial charge in [-0.15, -0.1) is 11.6 Å². The van der Waals surface area contributed by atoms with Crippen molar-refractivity contribution in [2.45, 2.75) is 31.0 Å². The molecule has 2 heterocycles. The molecule has 0 bridgehead atoms. The minimum atomic E-state index is -5.22. The number of aliphatic imine (C=N–C) groups is 1. The summed E-state index contributed by atoms with van der Waals surface area (Å²) in [5, 5.41) is 9.90. The van der Waals surface area contributed by atoms with E-state index in [1.165, 1.54) is 17.2 Å². The minimum absolute atomic E-state index is 0.140. The van der Waals surface area contributed by atoms with E-state index in [4.69, 9.17) is 31.9 Å². The Morgan fingerprint density at radius 3 is 2.72 bits per heavy atom. The zero-order valence-electron chi connectivity index (χ0n) is 12.7. The normalized spacial score (nSPS) is 32.5. The number of phosphoric acid groups is 2. The molecule has 0 saturated carbocycles. The van der Waals surface area contributed by atoms with Gasteiger partial charge in [0.15, 0.2) is 0 Å². The van der Waals surface area contributed by atoms with E-state index in [0.717, 1.165) is 0 Å². The molecule has 0 aromatic rings. The van der Waals surface area contributed by atoms with Gasteiger partial charge in [0.2, 0.25) is 6.35 Å². The standard InChI is InChI=1S/C10H18ClN3O9P2/c11-5-10(6-21-25(19,20)23-24(16,17)18)3-1-8(22-10)14-4-2-7(12)13-9(14)15/h2,4,8-9,15H,1,3,5-6H2,(H2,12,13)(H,19,20)(H2,16,17,18)/t8-,9?,10-/m1/s1. The third kappa shape index (κ3) is 5.73. The summed E-state index contributed by atoms with van der Waals surface area (Å²) in [5.74, 6) is 0.00264. The molecule has 25 heavy (non-hydrogen) atoms. The van der Waals surface area contributed by atoms with Gasteiger partial charge in [-0.3, -0.25) is 4.52 Å². The van der Waals surface area contributed by atoms with Crippen molar-refractivity contribution in [2.24, 2.45) is 10.7 Å². The highest BCUT2D eigenvalue weighted by molar-refractivity contribution is 7.60. The highest BCUT2D eigenvalue weighted by Gasteiger charge is 2.45. The van der Waals surface area contributed by atoms with Gasteiger partial charge in [-0.2, -0.15) is 4.31 Å². The molecule has 12 nitrogen and oxygen atoms in total. The van der Waals surface area contributed by atoms with Crippen molar-refractivity contribution in [2.75, 3.05) is 12.5 Å². The molecule has 4 atom stereocenters. The smallest absolute Gasteiger partial charge is 0.384 e. The summed E-state index contributed by atoms with van der Waals surface area (Å²) >= 11 is 5.87. The van der Waals surface area contributed by atoms with E-state index in [0.29, 0.717) is 6.42 Å². The van der Waals surface area contributed by atoms with Crippen LogP contribution in [0, 0.1) is 0 Å². The van der Waals surface area contributed by atoms with Gasteiger partial charge < -0.3 is 35.2 Å². The van der Waals surface area contributed by atoms with E-state index in [9.17, 15) is 19.1 Å². The monoisotopic (exact) mass is 421 g/mol. The fourth-order valence-electron chi connectivity index (χ4n) is 2.33. The van der Waals surface area contributed by atoms with Crippen LogP contribution in [-0.4, -0.2) is 61.2 Å². The Bertz CT molecular complexity index is 656. The molecule has 0 aliphatic carbocycles. The molecular weight excluding hydrogens is 404 g/mol. The van der Waals surface area contributed by atoms with Crippen molar-refractivity contribution >= 4 is 33.1 Å². The molecule has 6 N–H and O–H groups in total. The highest BCUT2D eigenvalue weighted by Crippen LogP contribution is 2.58. The van der Waals surface area contributed by atoms with Gasteiger partial charge in [0.1, 0.15) is 17.7 Å². The second kappa shape index (κ2) is 7.61. The number of alkyl halides is 1. The number of halogens is 1. The minimum Gasteiger partial charge on any atom is -0.384 e. The molecular formula is C10H18ClN3O9P2. The summed E-state index contributed by atoms with van der Waals surface area (Å²) in [5.41, 5.74) is 4.25. The van der Waals surface area contributed by atoms with Gasteiger partial charge in [0, 0.05) is 6.20 Å². The van der Waals surface area contributed by atoms with E-state index in [1.54, 1.807) is 0 Å². The predicted molar refractivity (Wildman–Crippen MR) is 85.1 cm³/mol. The van der Waals surface area contributed by atoms with Crippen LogP contribution in [0.25, 0.3) is 0 Å². The van der Waals surface area contributed by atoms with E-state index >= 15 is 0 Å². The number of aliphatic hydroxyl groups excluding tert-OH is 1. The lowest BCUT2D eigenvalue weighted by atomic mass is 10.0. The molecule has 0 radical (unpaired) electrons. The SMILES string of the molecule is NC1=NC(O)N([C@H]2CC[C@@](CCl)(COP(=O)(O)OP(=O)(O)O)O2)C=C1. The summed E-state index contributed by atoms with van der Waals surface area (Å²) < 4.78 is 36.2. The van der Waals surface area contributed by atoms with Gasteiger partial charge in [-0.05, 0) is 18.9 Å². The Kier molecular flexibility index (Phi) is 6.33. The molecule has 15 heteroatoms. The second-order valence-corrected chi connectivity index (χ2v) is 8.50. The van der Waals surface area contributed by atoms with Crippen LogP contribution in [0.5, 0.6) is 0 Å². The number of aliphatic hydroxyl groups is 1. The molecule has 1 saturated heterocycles. The summed E-state index contributed by atoms with van der Waals surface area (Å²) in [6.07, 6.45) is 1.69. The maximum atomic E-state index is 11.5. The summed E-state index contributed by atoms with van der Waals surface area (Å²) in [7, 11) is -10.2. The van der Waals surface area contributed by atoms with E-state index in [-0.39, 0.29) is 18.1 Å². The topological polar surface area (TPSA) is 184 Å². The number of hydrogen-bond acceptors (Lipinski definition) is 9. The van der Waals surface area contributed by atoms with E-state index in [2.05, 4.69) is 13.8 Å². The quantitative estimate of drug-likeness (QED) is 0.270. The first-order valence-corrected chi connectivity index (χ1v) is 10.5. The van der Waals surface area contributed by atoms with Gasteiger partial charge >= 0.3 is 15.6 Å². The number of nitrogens with two attached hydrogens (primary N) is 1. The van der Waals surface area contributed by atoms with E-state index in [1.807, 2.05) is 0 Å². The summed E-state index contributed by atoms with van der Waals surface area (Å²) in [6, 6.07) is 0. The lowest BCUT2D eigenvalue weighted by Gasteiger charge is -2.34. The number of amidine groups is 1. The van der Waals surface area contributed by atoms with Crippen LogP contribution in [0.4, 0.5) is 0 Å². The van der Waals surface area contributed by atoms with Crippen LogP contribution in [-0.2, 0) is 22.7 Å². The maximum Gasteiger partial charge on any atom is 0.481 e. The first-order chi connectivity index (χ1) is 11.5. The van der Waals surface area contributed by atoms with Crippen molar-refractivity contribution in [3.05, 3.63) is 12.3 Å². The van der Waals surface area contributed by atoms with Crippen molar-refractivity contribution in [1.29, 1.82) is 0 Å². The van der Waals surface area contributed by atoms with Gasteiger partial charge in [-0.1, -0.05) is 0 Å². The van der Waals surface area contributed by atoms with Crippen molar-refractivity contribution < 1.29 is 42.5 Å². The molecule has 1 fully saturated rings. The fourth-order valence-corrected chi connectivity index (χ4v) is 4.27. The zero-order valence-corrected chi connectivity index (χ0v) is 15.3. The number of rotatable bonds is 7. The Balaban J connectivity index is 1.99. The maximum absolute atomic E-state index is 11.5. The van der Waals surface area contributed by atoms with Crippen molar-refractivity contribution in [3.8, 4) is 0 Å². The van der Waals surface area contributed by atoms with Crippen LogP contribution in [0.1, 0.15) is 12.8 Å². The fraction of sp³-hybridized carbons (Fsp3) is 0.700. The molecule has 0 spiro atoms. The van der Waals surface area contributed by atoms with Crippen LogP contribution in [0.2, 0.25) is 0 Å². The molecule has 2 aliphatic heterocycles. The number of nitrogens with zero attached hydrogens (tertiary/aromatic N) is 2. The predicted octanol–water partition coefficient (Wildman–Crippen LogP) is -0.211. The summed E-state index contributed by atoms with van der Waals surface area (Å²) in [4.78, 5) is 31.6. The lowest BCUT2D eigenvalue weighted by Crippen LogP contribution is -2.44. The third-order valence-electron chi connectivity index (χ3n) is 3.46. The number of phosphoric ester groups is 1. The molecule has 0 amide bonds. The Labute approximate surface area is 147 Å². The van der Waals surface area contributed by atoms with Gasteiger partial charge in [0.05, 0.1) is 12.5 Å². The Morgan fingerprint density at radius 2 is 2.16 bits per heavy atom. The molecule has 144 valence electrons. The second-order valence-electron chi connectivity index (χ2n) is 5.41. The van der Waals surface area contributed by atoms with Crippen LogP contribution < -0.4 is 5.73 Å². The molecule has 0 aromatic carbocycles. The van der Waals surface area contributed by atoms with Gasteiger partial charge in [-0.25, -0.2) is 14.1 Å². The highest BCUT2D eigenvalue weighted by atomic mass is 35.5. The van der Waals surface area contributed by atoms with Gasteiger partial charge in [0.25, 0.3) is 0 Å². The Morgan fingerprint density at radius 1 is 1.48 bits per heavy atom. The Hall–Kier alpha value is -0.520. The molecule has 0 aromatic heterocycles. The molecule has 2 aliphatic rings. The van der Waals surface area contributed by atoms with Crippen LogP contribution >= 0.6 is 27.2 Å². The van der Waals surface area contributed by atoms with Crippen LogP contribution in [0.15, 0.2) is 17.3 Å². The lowest BCUT2D eigenvalue weighted by molar-refractivity contribution is -0.137. The number of ether oxygens (including phenoxy) is 1. The first-order valence-electron chi connectivity index (χ1n) is 6.90.